The number of hydrogen-bond donors (Lipinski definition) is 0. The number of fused-ring (bicyclic) bond motifs is 3. The quantitative estimate of drug-likeness (QED) is 0.564. The summed E-state index contributed by atoms with van der Waals surface area (Å²) in [6, 6.07) is 14.1. The number of hydrogen-bond acceptors (Lipinski definition) is 6. The van der Waals surface area contributed by atoms with Crippen molar-refractivity contribution in [3.8, 4) is 16.7 Å². The fraction of sp³-hybridized carbons (Fsp3) is 0.364. The lowest BCUT2D eigenvalue weighted by molar-refractivity contribution is -0.131. The molecular weight excluding hydrogens is 422 g/mol. The summed E-state index contributed by atoms with van der Waals surface area (Å²) in [5, 5.41) is 1.25. The third kappa shape index (κ3) is 3.97. The van der Waals surface area contributed by atoms with Crippen LogP contribution in [0, 0.1) is 0 Å². The Morgan fingerprint density at radius 1 is 1.17 bits per heavy atom. The van der Waals surface area contributed by atoms with Crippen LogP contribution in [0.3, 0.4) is 0 Å². The predicted molar refractivity (Wildman–Crippen MR) is 118 cm³/mol. The zero-order valence-corrected chi connectivity index (χ0v) is 18.2. The number of piperazine rings is 1. The van der Waals surface area contributed by atoms with Gasteiger partial charge in [0.1, 0.15) is 18.1 Å². The molecule has 2 bridgehead atoms. The van der Waals surface area contributed by atoms with Gasteiger partial charge in [-0.1, -0.05) is 22.9 Å². The van der Waals surface area contributed by atoms with E-state index >= 15 is 0 Å². The average molecular weight is 444 g/mol. The first-order valence-electron chi connectivity index (χ1n) is 10.0. The van der Waals surface area contributed by atoms with Crippen molar-refractivity contribution in [2.45, 2.75) is 25.4 Å². The highest BCUT2D eigenvalue weighted by Gasteiger charge is 2.43. The molecule has 30 heavy (non-hydrogen) atoms. The maximum absolute atomic E-state index is 11.6. The largest absolute Gasteiger partial charge is 0.492 e. The van der Waals surface area contributed by atoms with Crippen LogP contribution in [0.25, 0.3) is 10.2 Å². The summed E-state index contributed by atoms with van der Waals surface area (Å²) in [7, 11) is 0. The van der Waals surface area contributed by atoms with Crippen LogP contribution in [0.4, 0.5) is 0 Å². The Balaban J connectivity index is 1.12. The maximum atomic E-state index is 11.6. The van der Waals surface area contributed by atoms with Gasteiger partial charge < -0.3 is 14.4 Å². The first-order valence-corrected chi connectivity index (χ1v) is 11.2. The van der Waals surface area contributed by atoms with E-state index in [-0.39, 0.29) is 5.91 Å². The molecule has 0 aliphatic carbocycles. The molecule has 0 unspecified atom stereocenters. The van der Waals surface area contributed by atoms with Gasteiger partial charge in [-0.3, -0.25) is 9.69 Å². The summed E-state index contributed by atoms with van der Waals surface area (Å²) in [4.78, 5) is 20.5. The number of carbonyl (C=O) groups excluding carboxylic acids is 1. The van der Waals surface area contributed by atoms with E-state index in [1.807, 2.05) is 47.4 Å². The third-order valence-electron chi connectivity index (χ3n) is 5.76. The monoisotopic (exact) mass is 443 g/mol. The van der Waals surface area contributed by atoms with Gasteiger partial charge in [-0.15, -0.1) is 0 Å². The van der Waals surface area contributed by atoms with Crippen molar-refractivity contribution in [3.05, 3.63) is 47.5 Å². The van der Waals surface area contributed by atoms with Gasteiger partial charge in [0.15, 0.2) is 0 Å². The molecule has 5 rings (SSSR count). The van der Waals surface area contributed by atoms with Crippen molar-refractivity contribution in [1.29, 1.82) is 0 Å². The molecule has 3 aromatic rings. The van der Waals surface area contributed by atoms with Gasteiger partial charge in [-0.05, 0) is 48.9 Å². The lowest BCUT2D eigenvalue weighted by atomic mass is 10.2. The van der Waals surface area contributed by atoms with Gasteiger partial charge in [-0.2, -0.15) is 0 Å². The Labute approximate surface area is 184 Å². The van der Waals surface area contributed by atoms with Crippen LogP contribution < -0.4 is 9.47 Å². The first kappa shape index (κ1) is 19.6. The fourth-order valence-electron chi connectivity index (χ4n) is 4.32. The minimum absolute atomic E-state index is 0.190. The van der Waals surface area contributed by atoms with Crippen LogP contribution in [-0.2, 0) is 4.79 Å². The molecule has 1 aromatic heterocycles. The van der Waals surface area contributed by atoms with Gasteiger partial charge in [0, 0.05) is 43.7 Å². The minimum atomic E-state index is 0.190. The summed E-state index contributed by atoms with van der Waals surface area (Å²) in [6.45, 7) is 4.97. The van der Waals surface area contributed by atoms with Gasteiger partial charge in [-0.25, -0.2) is 4.98 Å². The van der Waals surface area contributed by atoms with Crippen LogP contribution in [0.5, 0.6) is 16.7 Å². The summed E-state index contributed by atoms with van der Waals surface area (Å²) < 4.78 is 12.8. The number of halogens is 1. The van der Waals surface area contributed by atoms with Crippen molar-refractivity contribution in [2.75, 3.05) is 26.2 Å². The molecule has 2 aromatic carbocycles. The SMILES string of the molecule is CC(=O)N1C[C@@H]2C[C@H]1CN2CCOc1ccc(Oc2nc3cc(Cl)ccc3s2)cc1. The van der Waals surface area contributed by atoms with Crippen LogP contribution in [0.2, 0.25) is 5.02 Å². The number of carbonyl (C=O) groups is 1. The summed E-state index contributed by atoms with van der Waals surface area (Å²) in [5.41, 5.74) is 0.837. The summed E-state index contributed by atoms with van der Waals surface area (Å²) in [6.07, 6.45) is 1.09. The summed E-state index contributed by atoms with van der Waals surface area (Å²) >= 11 is 7.50. The number of likely N-dealkylation sites (tertiary alicyclic amines) is 2. The number of ether oxygens (including phenoxy) is 2. The molecule has 0 spiro atoms. The number of benzene rings is 2. The van der Waals surface area contributed by atoms with Crippen LogP contribution in [0.15, 0.2) is 42.5 Å². The van der Waals surface area contributed by atoms with Crippen LogP contribution in [0.1, 0.15) is 13.3 Å². The molecule has 3 heterocycles. The molecule has 2 atom stereocenters. The van der Waals surface area contributed by atoms with Crippen molar-refractivity contribution in [1.82, 2.24) is 14.8 Å². The van der Waals surface area contributed by atoms with E-state index in [4.69, 9.17) is 21.1 Å². The predicted octanol–water partition coefficient (Wildman–Crippen LogP) is 4.43. The molecule has 2 saturated heterocycles. The number of aromatic nitrogens is 1. The van der Waals surface area contributed by atoms with E-state index in [0.717, 1.165) is 42.0 Å². The zero-order valence-electron chi connectivity index (χ0n) is 16.6. The van der Waals surface area contributed by atoms with E-state index in [0.29, 0.717) is 34.7 Å². The van der Waals surface area contributed by atoms with Crippen LogP contribution in [-0.4, -0.2) is 59.0 Å². The Morgan fingerprint density at radius 3 is 2.70 bits per heavy atom. The fourth-order valence-corrected chi connectivity index (χ4v) is 5.30. The Bertz CT molecular complexity index is 1070. The van der Waals surface area contributed by atoms with E-state index in [2.05, 4.69) is 9.88 Å². The molecule has 2 aliphatic heterocycles. The first-order chi connectivity index (χ1) is 14.5. The Kier molecular flexibility index (Phi) is 5.26. The van der Waals surface area contributed by atoms with Crippen molar-refractivity contribution < 1.29 is 14.3 Å². The van der Waals surface area contributed by atoms with Gasteiger partial charge in [0.05, 0.1) is 10.2 Å². The Hall–Kier alpha value is -2.35. The van der Waals surface area contributed by atoms with Gasteiger partial charge >= 0.3 is 0 Å². The van der Waals surface area contributed by atoms with Crippen molar-refractivity contribution in [2.24, 2.45) is 0 Å². The standard InChI is InChI=1S/C22H22ClN3O3S/c1-14(27)26-13-16-11-17(26)12-25(16)8-9-28-18-3-5-19(6-4-18)29-22-24-20-10-15(23)2-7-21(20)30-22/h2-7,10,16-17H,8-9,11-13H2,1H3/t16-,17-/m0/s1. The molecule has 0 saturated carbocycles. The summed E-state index contributed by atoms with van der Waals surface area (Å²) in [5.74, 6) is 1.72. The van der Waals surface area contributed by atoms with Crippen molar-refractivity contribution >= 4 is 39.1 Å². The molecule has 2 fully saturated rings. The van der Waals surface area contributed by atoms with E-state index in [9.17, 15) is 4.79 Å². The second kappa shape index (κ2) is 8.06. The van der Waals surface area contributed by atoms with E-state index < -0.39 is 0 Å². The molecule has 0 radical (unpaired) electrons. The van der Waals surface area contributed by atoms with Crippen molar-refractivity contribution in [3.63, 3.8) is 0 Å². The third-order valence-corrected chi connectivity index (χ3v) is 6.91. The zero-order chi connectivity index (χ0) is 20.7. The highest BCUT2D eigenvalue weighted by molar-refractivity contribution is 7.20. The lowest BCUT2D eigenvalue weighted by Gasteiger charge is -2.33. The molecule has 1 amide bonds. The molecule has 6 nitrogen and oxygen atoms in total. The smallest absolute Gasteiger partial charge is 0.279 e. The molecule has 156 valence electrons. The molecule has 0 N–H and O–H groups in total. The second-order valence-corrected chi connectivity index (χ2v) is 9.15. The number of nitrogens with zero attached hydrogens (tertiary/aromatic N) is 3. The normalized spacial score (nSPS) is 20.8. The van der Waals surface area contributed by atoms with Gasteiger partial charge in [0.25, 0.3) is 5.19 Å². The minimum Gasteiger partial charge on any atom is -0.492 e. The van der Waals surface area contributed by atoms with E-state index in [1.54, 1.807) is 6.92 Å². The number of thiazole rings is 1. The number of rotatable bonds is 6. The topological polar surface area (TPSA) is 54.9 Å². The Morgan fingerprint density at radius 2 is 1.97 bits per heavy atom. The molecular formula is C22H22ClN3O3S. The van der Waals surface area contributed by atoms with Crippen LogP contribution >= 0.6 is 22.9 Å². The number of amides is 1. The highest BCUT2D eigenvalue weighted by atomic mass is 35.5. The molecule has 2 aliphatic rings. The molecule has 8 heteroatoms. The maximum Gasteiger partial charge on any atom is 0.279 e. The van der Waals surface area contributed by atoms with E-state index in [1.165, 1.54) is 11.3 Å². The van der Waals surface area contributed by atoms with Gasteiger partial charge in [0.2, 0.25) is 5.91 Å². The second-order valence-electron chi connectivity index (χ2n) is 7.72. The highest BCUT2D eigenvalue weighted by Crippen LogP contribution is 2.33. The lowest BCUT2D eigenvalue weighted by Crippen LogP contribution is -2.48. The average Bonchev–Trinajstić information content (AvgIpc) is 3.42.